The van der Waals surface area contributed by atoms with Crippen molar-refractivity contribution in [3.05, 3.63) is 82.6 Å². The lowest BCUT2D eigenvalue weighted by atomic mass is 9.97. The van der Waals surface area contributed by atoms with Crippen molar-refractivity contribution in [2.75, 3.05) is 19.4 Å². The maximum atomic E-state index is 12.1. The normalized spacial score (nSPS) is 11.2. The molecular formula is C21H18ClN5O2. The monoisotopic (exact) mass is 407 g/mol. The summed E-state index contributed by atoms with van der Waals surface area (Å²) in [6.45, 7) is 0. The van der Waals surface area contributed by atoms with E-state index in [0.717, 1.165) is 5.56 Å². The second kappa shape index (κ2) is 9.04. The second-order valence-electron chi connectivity index (χ2n) is 6.33. The molecule has 1 N–H and O–H groups in total. The molecule has 1 atom stereocenters. The summed E-state index contributed by atoms with van der Waals surface area (Å²) < 4.78 is 5.54. The summed E-state index contributed by atoms with van der Waals surface area (Å²) in [5.74, 6) is 0.748. The van der Waals surface area contributed by atoms with E-state index in [1.165, 1.54) is 4.90 Å². The first-order chi connectivity index (χ1) is 14.0. The molecule has 0 radical (unpaired) electrons. The maximum absolute atomic E-state index is 12.1. The molecule has 0 saturated heterocycles. The first kappa shape index (κ1) is 20.1. The van der Waals surface area contributed by atoms with E-state index in [1.54, 1.807) is 62.9 Å². The van der Waals surface area contributed by atoms with Crippen LogP contribution in [0.15, 0.2) is 60.9 Å². The fourth-order valence-corrected chi connectivity index (χ4v) is 2.80. The van der Waals surface area contributed by atoms with Crippen LogP contribution in [0.5, 0.6) is 5.75 Å². The number of carbonyl (C=O) groups excluding carboxylic acids is 1. The first-order valence-corrected chi connectivity index (χ1v) is 9.08. The average molecular weight is 408 g/mol. The Morgan fingerprint density at radius 1 is 1.17 bits per heavy atom. The van der Waals surface area contributed by atoms with Crippen LogP contribution >= 0.6 is 11.6 Å². The number of hydrogen-bond acceptors (Lipinski definition) is 6. The van der Waals surface area contributed by atoms with Crippen LogP contribution in [0.1, 0.15) is 22.7 Å². The fraction of sp³-hybridized carbons (Fsp3) is 0.143. The Bertz CT molecular complexity index is 1030. The molecule has 1 aromatic heterocycles. The van der Waals surface area contributed by atoms with Gasteiger partial charge in [-0.15, -0.1) is 0 Å². The number of hydrogen-bond donors (Lipinski definition) is 1. The van der Waals surface area contributed by atoms with E-state index in [0.29, 0.717) is 27.8 Å². The number of nitriles is 1. The summed E-state index contributed by atoms with van der Waals surface area (Å²) in [6.07, 6.45) is 2.73. The molecule has 0 aliphatic carbocycles. The zero-order valence-corrected chi connectivity index (χ0v) is 16.6. The van der Waals surface area contributed by atoms with E-state index in [-0.39, 0.29) is 0 Å². The fourth-order valence-electron chi connectivity index (χ4n) is 2.62. The largest absolute Gasteiger partial charge is 0.414 e. The topological polar surface area (TPSA) is 91.1 Å². The molecule has 1 heterocycles. The lowest BCUT2D eigenvalue weighted by molar-refractivity contribution is 0.171. The molecule has 3 rings (SSSR count). The van der Waals surface area contributed by atoms with E-state index >= 15 is 0 Å². The molecule has 7 nitrogen and oxygen atoms in total. The highest BCUT2D eigenvalue weighted by Crippen LogP contribution is 2.34. The molecule has 0 aliphatic rings. The molecule has 0 bridgehead atoms. The Kier molecular flexibility index (Phi) is 6.27. The first-order valence-electron chi connectivity index (χ1n) is 8.70. The van der Waals surface area contributed by atoms with Gasteiger partial charge in [-0.2, -0.15) is 5.26 Å². The van der Waals surface area contributed by atoms with Crippen molar-refractivity contribution in [2.24, 2.45) is 0 Å². The summed E-state index contributed by atoms with van der Waals surface area (Å²) >= 11 is 6.25. The van der Waals surface area contributed by atoms with E-state index in [1.807, 2.05) is 12.1 Å². The van der Waals surface area contributed by atoms with Gasteiger partial charge in [0.15, 0.2) is 0 Å². The maximum Gasteiger partial charge on any atom is 0.414 e. The van der Waals surface area contributed by atoms with Crippen LogP contribution in [0.25, 0.3) is 0 Å². The van der Waals surface area contributed by atoms with Gasteiger partial charge in [-0.25, -0.2) is 14.8 Å². The van der Waals surface area contributed by atoms with Crippen LogP contribution in [-0.2, 0) is 0 Å². The predicted octanol–water partition coefficient (Wildman–Crippen LogP) is 4.26. The molecule has 0 aliphatic heterocycles. The molecule has 1 unspecified atom stereocenters. The van der Waals surface area contributed by atoms with E-state index in [9.17, 15) is 4.79 Å². The molecule has 0 saturated carbocycles. The van der Waals surface area contributed by atoms with Crippen LogP contribution in [0.2, 0.25) is 5.02 Å². The van der Waals surface area contributed by atoms with Crippen molar-refractivity contribution >= 4 is 23.6 Å². The SMILES string of the molecule is CN(C)C(=O)Oc1ccc(Cl)cc1C(Nc1ncccn1)c1ccc(C#N)cc1. The van der Waals surface area contributed by atoms with Gasteiger partial charge in [0.05, 0.1) is 17.7 Å². The predicted molar refractivity (Wildman–Crippen MR) is 110 cm³/mol. The number of benzene rings is 2. The third-order valence-corrected chi connectivity index (χ3v) is 4.29. The standard InChI is InChI=1S/C21H18ClN5O2/c1-27(2)21(28)29-18-9-8-16(22)12-17(18)19(26-20-24-10-3-11-25-20)15-6-4-14(13-23)5-7-15/h3-12,19H,1-2H3,(H,24,25,26). The minimum atomic E-state index is -0.511. The van der Waals surface area contributed by atoms with E-state index in [4.69, 9.17) is 21.6 Å². The van der Waals surface area contributed by atoms with Crippen LogP contribution in [0.4, 0.5) is 10.7 Å². The van der Waals surface area contributed by atoms with Crippen molar-refractivity contribution < 1.29 is 9.53 Å². The zero-order valence-electron chi connectivity index (χ0n) is 15.8. The van der Waals surface area contributed by atoms with Gasteiger partial charge in [0.25, 0.3) is 0 Å². The van der Waals surface area contributed by atoms with Gasteiger partial charge >= 0.3 is 6.09 Å². The molecular weight excluding hydrogens is 390 g/mol. The molecule has 1 amide bonds. The molecule has 146 valence electrons. The molecule has 0 spiro atoms. The highest BCUT2D eigenvalue weighted by Gasteiger charge is 2.22. The van der Waals surface area contributed by atoms with Crippen molar-refractivity contribution in [3.63, 3.8) is 0 Å². The number of anilines is 1. The number of aromatic nitrogens is 2. The van der Waals surface area contributed by atoms with Gasteiger partial charge < -0.3 is 15.0 Å². The lowest BCUT2D eigenvalue weighted by Gasteiger charge is -2.23. The number of ether oxygens (including phenoxy) is 1. The third kappa shape index (κ3) is 5.00. The zero-order chi connectivity index (χ0) is 20.8. The van der Waals surface area contributed by atoms with E-state index in [2.05, 4.69) is 21.4 Å². The molecule has 8 heteroatoms. The number of nitrogens with one attached hydrogen (secondary N) is 1. The number of nitrogens with zero attached hydrogens (tertiary/aromatic N) is 4. The number of halogens is 1. The molecule has 29 heavy (non-hydrogen) atoms. The van der Waals surface area contributed by atoms with Crippen LogP contribution < -0.4 is 10.1 Å². The highest BCUT2D eigenvalue weighted by atomic mass is 35.5. The number of carbonyl (C=O) groups is 1. The van der Waals surface area contributed by atoms with Crippen molar-refractivity contribution in [3.8, 4) is 11.8 Å². The second-order valence-corrected chi connectivity index (χ2v) is 6.76. The highest BCUT2D eigenvalue weighted by molar-refractivity contribution is 6.30. The van der Waals surface area contributed by atoms with Crippen molar-refractivity contribution in [1.82, 2.24) is 14.9 Å². The summed E-state index contributed by atoms with van der Waals surface area (Å²) in [4.78, 5) is 21.9. The smallest absolute Gasteiger partial charge is 0.410 e. The van der Waals surface area contributed by atoms with Crippen LogP contribution in [-0.4, -0.2) is 35.1 Å². The minimum absolute atomic E-state index is 0.353. The minimum Gasteiger partial charge on any atom is -0.410 e. The van der Waals surface area contributed by atoms with Crippen molar-refractivity contribution in [2.45, 2.75) is 6.04 Å². The van der Waals surface area contributed by atoms with Gasteiger partial charge in [0.2, 0.25) is 5.95 Å². The van der Waals surface area contributed by atoms with E-state index < -0.39 is 12.1 Å². The van der Waals surface area contributed by atoms with Crippen LogP contribution in [0, 0.1) is 11.3 Å². The lowest BCUT2D eigenvalue weighted by Crippen LogP contribution is -2.26. The Morgan fingerprint density at radius 2 is 1.86 bits per heavy atom. The Labute approximate surface area is 173 Å². The van der Waals surface area contributed by atoms with Crippen LogP contribution in [0.3, 0.4) is 0 Å². The molecule has 0 fully saturated rings. The molecule has 2 aromatic carbocycles. The third-order valence-electron chi connectivity index (χ3n) is 4.06. The van der Waals surface area contributed by atoms with Gasteiger partial charge in [-0.1, -0.05) is 23.7 Å². The van der Waals surface area contributed by atoms with Crippen molar-refractivity contribution in [1.29, 1.82) is 5.26 Å². The average Bonchev–Trinajstić information content (AvgIpc) is 2.74. The quantitative estimate of drug-likeness (QED) is 0.679. The van der Waals surface area contributed by atoms with Gasteiger partial charge in [0.1, 0.15) is 5.75 Å². The summed E-state index contributed by atoms with van der Waals surface area (Å²) in [5.41, 5.74) is 1.99. The van der Waals surface area contributed by atoms with Gasteiger partial charge in [0, 0.05) is 37.1 Å². The summed E-state index contributed by atoms with van der Waals surface area (Å²) in [5, 5.41) is 12.8. The summed E-state index contributed by atoms with van der Waals surface area (Å²) in [7, 11) is 3.21. The number of rotatable bonds is 5. The Hall–Kier alpha value is -3.63. The Balaban J connectivity index is 2.08. The molecule has 3 aromatic rings. The summed E-state index contributed by atoms with van der Waals surface area (Å²) in [6, 6.07) is 15.4. The van der Waals surface area contributed by atoms with Gasteiger partial charge in [-0.05, 0) is 42.0 Å². The number of amides is 1. The Morgan fingerprint density at radius 3 is 2.48 bits per heavy atom. The van der Waals surface area contributed by atoms with Gasteiger partial charge in [-0.3, -0.25) is 0 Å².